The van der Waals surface area contributed by atoms with Crippen molar-refractivity contribution in [2.45, 2.75) is 6.54 Å². The van der Waals surface area contributed by atoms with Crippen LogP contribution in [0, 0.1) is 0 Å². The first-order valence-corrected chi connectivity index (χ1v) is 5.83. The Morgan fingerprint density at radius 2 is 2.21 bits per heavy atom. The molecule has 0 saturated carbocycles. The van der Waals surface area contributed by atoms with Crippen molar-refractivity contribution < 1.29 is 0 Å². The molecule has 96 valence electrons. The highest BCUT2D eigenvalue weighted by Gasteiger charge is 2.08. The molecule has 3 aromatic rings. The van der Waals surface area contributed by atoms with E-state index >= 15 is 0 Å². The van der Waals surface area contributed by atoms with Gasteiger partial charge in [0.1, 0.15) is 5.82 Å². The van der Waals surface area contributed by atoms with Crippen LogP contribution in [0.2, 0.25) is 0 Å². The molecule has 3 heterocycles. The Hall–Kier alpha value is -2.70. The third-order valence-corrected chi connectivity index (χ3v) is 2.78. The van der Waals surface area contributed by atoms with Crippen LogP contribution in [0.25, 0.3) is 11.0 Å². The largest absolute Gasteiger partial charge is 0.383 e. The van der Waals surface area contributed by atoms with Crippen molar-refractivity contribution in [1.29, 1.82) is 0 Å². The van der Waals surface area contributed by atoms with Gasteiger partial charge in [0.25, 0.3) is 0 Å². The molecule has 0 aliphatic rings. The summed E-state index contributed by atoms with van der Waals surface area (Å²) in [5.74, 6) is 0.890. The summed E-state index contributed by atoms with van der Waals surface area (Å²) in [6.45, 7) is 0.545. The number of hydrogen-bond acceptors (Lipinski definition) is 6. The van der Waals surface area contributed by atoms with Crippen molar-refractivity contribution in [2.24, 2.45) is 7.05 Å². The van der Waals surface area contributed by atoms with Crippen molar-refractivity contribution in [3.8, 4) is 0 Å². The van der Waals surface area contributed by atoms with Gasteiger partial charge in [-0.05, 0) is 12.1 Å². The topological polar surface area (TPSA) is 94.5 Å². The van der Waals surface area contributed by atoms with Crippen molar-refractivity contribution in [1.82, 2.24) is 24.7 Å². The number of pyridine rings is 1. The number of rotatable bonds is 3. The highest BCUT2D eigenvalue weighted by atomic mass is 15.3. The van der Waals surface area contributed by atoms with E-state index in [1.807, 2.05) is 25.2 Å². The average molecular weight is 255 g/mol. The molecule has 0 amide bonds. The number of anilines is 2. The fraction of sp³-hybridized carbons (Fsp3) is 0.167. The number of aryl methyl sites for hydroxylation is 1. The second kappa shape index (κ2) is 4.52. The molecule has 0 spiro atoms. The summed E-state index contributed by atoms with van der Waals surface area (Å²) >= 11 is 0. The van der Waals surface area contributed by atoms with Gasteiger partial charge in [-0.15, -0.1) is 0 Å². The maximum atomic E-state index is 5.88. The monoisotopic (exact) mass is 255 g/mol. The van der Waals surface area contributed by atoms with Crippen LogP contribution in [0.15, 0.2) is 30.6 Å². The van der Waals surface area contributed by atoms with Gasteiger partial charge in [-0.2, -0.15) is 15.1 Å². The summed E-state index contributed by atoms with van der Waals surface area (Å²) in [4.78, 5) is 12.8. The van der Waals surface area contributed by atoms with E-state index < -0.39 is 0 Å². The molecule has 0 aliphatic carbocycles. The summed E-state index contributed by atoms with van der Waals surface area (Å²) in [6, 6.07) is 5.74. The van der Waals surface area contributed by atoms with Gasteiger partial charge in [0.15, 0.2) is 5.65 Å². The van der Waals surface area contributed by atoms with E-state index in [9.17, 15) is 0 Å². The van der Waals surface area contributed by atoms with Gasteiger partial charge in [0.05, 0.1) is 23.8 Å². The van der Waals surface area contributed by atoms with Crippen LogP contribution in [0.4, 0.5) is 11.8 Å². The maximum absolute atomic E-state index is 5.88. The van der Waals surface area contributed by atoms with E-state index in [1.165, 1.54) is 0 Å². The van der Waals surface area contributed by atoms with Gasteiger partial charge in [0, 0.05) is 13.2 Å². The van der Waals surface area contributed by atoms with Crippen LogP contribution in [-0.2, 0) is 13.6 Å². The van der Waals surface area contributed by atoms with Crippen molar-refractivity contribution in [3.63, 3.8) is 0 Å². The Kier molecular flexibility index (Phi) is 2.71. The van der Waals surface area contributed by atoms with Crippen LogP contribution in [0.1, 0.15) is 5.69 Å². The summed E-state index contributed by atoms with van der Waals surface area (Å²) in [5.41, 5.74) is 7.50. The molecule has 0 atom stereocenters. The molecule has 3 rings (SSSR count). The fourth-order valence-electron chi connectivity index (χ4n) is 1.80. The van der Waals surface area contributed by atoms with Crippen LogP contribution in [0.5, 0.6) is 0 Å². The Balaban J connectivity index is 1.87. The predicted octanol–water partition coefficient (Wildman–Crippen LogP) is 0.953. The number of nitrogen functional groups attached to an aromatic ring is 1. The van der Waals surface area contributed by atoms with Gasteiger partial charge >= 0.3 is 0 Å². The van der Waals surface area contributed by atoms with Crippen LogP contribution < -0.4 is 11.1 Å². The summed E-state index contributed by atoms with van der Waals surface area (Å²) < 4.78 is 1.67. The molecule has 0 radical (unpaired) electrons. The molecular weight excluding hydrogens is 242 g/mol. The van der Waals surface area contributed by atoms with Crippen molar-refractivity contribution in [2.75, 3.05) is 11.1 Å². The van der Waals surface area contributed by atoms with Crippen LogP contribution in [-0.4, -0.2) is 24.7 Å². The maximum Gasteiger partial charge on any atom is 0.227 e. The van der Waals surface area contributed by atoms with E-state index in [1.54, 1.807) is 17.1 Å². The first kappa shape index (κ1) is 11.4. The molecule has 7 nitrogen and oxygen atoms in total. The molecule has 3 aromatic heterocycles. The molecule has 0 bridgehead atoms. The number of nitrogens with zero attached hydrogens (tertiary/aromatic N) is 5. The summed E-state index contributed by atoms with van der Waals surface area (Å²) in [7, 11) is 1.82. The van der Waals surface area contributed by atoms with E-state index in [0.29, 0.717) is 24.0 Å². The molecular formula is C12H13N7. The van der Waals surface area contributed by atoms with Crippen LogP contribution >= 0.6 is 0 Å². The number of hydrogen-bond donors (Lipinski definition) is 2. The molecule has 0 aromatic carbocycles. The molecule has 19 heavy (non-hydrogen) atoms. The number of fused-ring (bicyclic) bond motifs is 1. The lowest BCUT2D eigenvalue weighted by Crippen LogP contribution is -2.07. The zero-order chi connectivity index (χ0) is 13.2. The number of aromatic nitrogens is 5. The Labute approximate surface area is 109 Å². The van der Waals surface area contributed by atoms with Crippen molar-refractivity contribution in [3.05, 3.63) is 36.3 Å². The highest BCUT2D eigenvalue weighted by Crippen LogP contribution is 2.18. The van der Waals surface area contributed by atoms with E-state index in [0.717, 1.165) is 11.1 Å². The number of nitrogens with two attached hydrogens (primary N) is 1. The molecule has 0 saturated heterocycles. The lowest BCUT2D eigenvalue weighted by molar-refractivity contribution is 0.785. The van der Waals surface area contributed by atoms with Crippen molar-refractivity contribution >= 4 is 22.8 Å². The molecule has 0 unspecified atom stereocenters. The summed E-state index contributed by atoms with van der Waals surface area (Å²) in [6.07, 6.45) is 3.41. The Morgan fingerprint density at radius 1 is 1.32 bits per heavy atom. The predicted molar refractivity (Wildman–Crippen MR) is 72.3 cm³/mol. The van der Waals surface area contributed by atoms with Gasteiger partial charge in [-0.1, -0.05) is 6.07 Å². The van der Waals surface area contributed by atoms with E-state index in [2.05, 4.69) is 25.4 Å². The minimum Gasteiger partial charge on any atom is -0.383 e. The minimum absolute atomic E-state index is 0.418. The quantitative estimate of drug-likeness (QED) is 0.723. The third kappa shape index (κ3) is 2.17. The summed E-state index contributed by atoms with van der Waals surface area (Å²) in [5, 5.41) is 7.97. The zero-order valence-electron chi connectivity index (χ0n) is 10.4. The zero-order valence-corrected chi connectivity index (χ0v) is 10.4. The van der Waals surface area contributed by atoms with E-state index in [-0.39, 0.29) is 0 Å². The lowest BCUT2D eigenvalue weighted by Gasteiger charge is -2.05. The second-order valence-electron chi connectivity index (χ2n) is 4.11. The first-order valence-electron chi connectivity index (χ1n) is 5.83. The molecule has 3 N–H and O–H groups in total. The molecule has 7 heteroatoms. The normalized spacial score (nSPS) is 10.8. The Bertz CT molecular complexity index is 705. The molecule has 0 aliphatic heterocycles. The second-order valence-corrected chi connectivity index (χ2v) is 4.11. The number of nitrogens with one attached hydrogen (secondary N) is 1. The van der Waals surface area contributed by atoms with Gasteiger partial charge in [-0.25, -0.2) is 0 Å². The molecule has 0 fully saturated rings. The van der Waals surface area contributed by atoms with Gasteiger partial charge in [-0.3, -0.25) is 9.67 Å². The fourth-order valence-corrected chi connectivity index (χ4v) is 1.80. The Morgan fingerprint density at radius 3 is 3.00 bits per heavy atom. The van der Waals surface area contributed by atoms with Crippen LogP contribution in [0.3, 0.4) is 0 Å². The lowest BCUT2D eigenvalue weighted by atomic mass is 10.3. The average Bonchev–Trinajstić information content (AvgIpc) is 2.80. The standard InChI is InChI=1S/C12H13N7/c1-19-11-9(7-16-19)10(13)17-12(18-11)15-6-8-4-2-3-5-14-8/h2-5,7H,6H2,1H3,(H3,13,15,17,18). The third-order valence-electron chi connectivity index (χ3n) is 2.78. The first-order chi connectivity index (χ1) is 9.24. The van der Waals surface area contributed by atoms with E-state index in [4.69, 9.17) is 5.73 Å². The highest BCUT2D eigenvalue weighted by molar-refractivity contribution is 5.86. The SMILES string of the molecule is Cn1ncc2c(N)nc(NCc3ccccn3)nc21. The minimum atomic E-state index is 0.418. The van der Waals surface area contributed by atoms with Gasteiger partial charge < -0.3 is 11.1 Å². The smallest absolute Gasteiger partial charge is 0.227 e. The van der Waals surface area contributed by atoms with Gasteiger partial charge in [0.2, 0.25) is 5.95 Å².